The Balaban J connectivity index is 4.67. The van der Waals surface area contributed by atoms with Gasteiger partial charge in [-0.3, -0.25) is 0 Å². The molecule has 4 nitrogen and oxygen atoms in total. The maximum absolute atomic E-state index is 9.92. The van der Waals surface area contributed by atoms with E-state index in [9.17, 15) is 9.59 Å². The van der Waals surface area contributed by atoms with Crippen LogP contribution >= 0.6 is 0 Å². The molecule has 0 atom stereocenters. The van der Waals surface area contributed by atoms with E-state index in [1.807, 2.05) is 0 Å². The van der Waals surface area contributed by atoms with E-state index in [4.69, 9.17) is 25.9 Å². The third-order valence-electron chi connectivity index (χ3n) is 0.751. The van der Waals surface area contributed by atoms with E-state index in [0.29, 0.717) is 0 Å². The largest absolute Gasteiger partial charge is 0.479 e. The minimum Gasteiger partial charge on any atom is -0.479 e. The van der Waals surface area contributed by atoms with Crippen LogP contribution in [0.15, 0.2) is 10.9 Å². The van der Waals surface area contributed by atoms with Gasteiger partial charge in [0.2, 0.25) is 0 Å². The van der Waals surface area contributed by atoms with E-state index in [-0.39, 0.29) is 0 Å². The van der Waals surface area contributed by atoms with Gasteiger partial charge in [-0.05, 0) is 10.9 Å². The summed E-state index contributed by atoms with van der Waals surface area (Å²) in [7, 11) is 9.47. The summed E-state index contributed by atoms with van der Waals surface area (Å²) in [5, 5.41) is 16.2. The van der Waals surface area contributed by atoms with Crippen molar-refractivity contribution in [2.75, 3.05) is 0 Å². The summed E-state index contributed by atoms with van der Waals surface area (Å²) in [6.07, 6.45) is 0. The number of hydrogen-bond acceptors (Lipinski definition) is 2. The lowest BCUT2D eigenvalue weighted by atomic mass is 9.80. The van der Waals surface area contributed by atoms with Gasteiger partial charge in [0.25, 0.3) is 0 Å². The Bertz CT molecular complexity index is 185. The Morgan fingerprint density at radius 2 is 1.10 bits per heavy atom. The van der Waals surface area contributed by atoms with Gasteiger partial charge in [-0.25, -0.2) is 9.59 Å². The van der Waals surface area contributed by atoms with E-state index < -0.39 is 22.9 Å². The summed E-state index contributed by atoms with van der Waals surface area (Å²) < 4.78 is 0. The standard InChI is InChI=1S/C4H2B2O4/c5-1(3(7)8)2(6)4(9)10/h(H,7,8)(H,9,10)/b2-1+. The van der Waals surface area contributed by atoms with Crippen molar-refractivity contribution in [1.82, 2.24) is 0 Å². The lowest BCUT2D eigenvalue weighted by Crippen LogP contribution is -2.11. The molecule has 6 heteroatoms. The maximum Gasteiger partial charge on any atom is 0.320 e. The van der Waals surface area contributed by atoms with Gasteiger partial charge in [-0.2, -0.15) is 0 Å². The molecule has 0 bridgehead atoms. The molecule has 0 aliphatic heterocycles. The first kappa shape index (κ1) is 8.81. The molecule has 0 heterocycles. The molecule has 2 N–H and O–H groups in total. The Kier molecular flexibility index (Phi) is 2.73. The molecule has 0 unspecified atom stereocenters. The third-order valence-corrected chi connectivity index (χ3v) is 0.751. The summed E-state index contributed by atoms with van der Waals surface area (Å²) in [5.41, 5.74) is -1.71. The summed E-state index contributed by atoms with van der Waals surface area (Å²) >= 11 is 0. The predicted molar refractivity (Wildman–Crippen MR) is 33.8 cm³/mol. The molecule has 0 spiro atoms. The normalized spacial score (nSPS) is 12.0. The molecule has 0 aromatic rings. The molecule has 0 aromatic carbocycles. The first-order valence-electron chi connectivity index (χ1n) is 2.18. The van der Waals surface area contributed by atoms with Crippen LogP contribution in [0, 0.1) is 0 Å². The van der Waals surface area contributed by atoms with Crippen molar-refractivity contribution in [3.63, 3.8) is 0 Å². The lowest BCUT2D eigenvalue weighted by Gasteiger charge is -1.96. The van der Waals surface area contributed by atoms with Crippen molar-refractivity contribution in [3.05, 3.63) is 10.9 Å². The van der Waals surface area contributed by atoms with Crippen LogP contribution in [0.5, 0.6) is 0 Å². The molecule has 0 aromatic heterocycles. The van der Waals surface area contributed by atoms with Crippen LogP contribution in [0.1, 0.15) is 0 Å². The summed E-state index contributed by atoms with van der Waals surface area (Å²) in [5.74, 6) is -3.08. The van der Waals surface area contributed by atoms with Crippen molar-refractivity contribution in [3.8, 4) is 0 Å². The van der Waals surface area contributed by atoms with E-state index in [2.05, 4.69) is 0 Å². The van der Waals surface area contributed by atoms with E-state index >= 15 is 0 Å². The van der Waals surface area contributed by atoms with Gasteiger partial charge in [0.1, 0.15) is 15.7 Å². The number of carbonyl (C=O) groups is 2. The molecule has 0 fully saturated rings. The second-order valence-electron chi connectivity index (χ2n) is 1.44. The van der Waals surface area contributed by atoms with Crippen molar-refractivity contribution in [2.45, 2.75) is 0 Å². The number of aliphatic carboxylic acids is 2. The first-order valence-corrected chi connectivity index (χ1v) is 2.18. The van der Waals surface area contributed by atoms with Crippen LogP contribution in [0.2, 0.25) is 0 Å². The van der Waals surface area contributed by atoms with E-state index in [1.54, 1.807) is 0 Å². The molecule has 0 saturated heterocycles. The number of rotatable bonds is 2. The predicted octanol–water partition coefficient (Wildman–Crippen LogP) is -1.30. The van der Waals surface area contributed by atoms with Gasteiger partial charge in [-0.1, -0.05) is 0 Å². The molecular weight excluding hydrogens is 134 g/mol. The number of hydrogen-bond donors (Lipinski definition) is 2. The highest BCUT2D eigenvalue weighted by molar-refractivity contribution is 6.47. The van der Waals surface area contributed by atoms with Crippen molar-refractivity contribution < 1.29 is 19.8 Å². The second-order valence-corrected chi connectivity index (χ2v) is 1.44. The number of carboxylic acid groups (broad SMARTS) is 2. The molecule has 48 valence electrons. The first-order chi connectivity index (χ1) is 4.46. The van der Waals surface area contributed by atoms with Crippen molar-refractivity contribution in [2.24, 2.45) is 0 Å². The average Bonchev–Trinajstić information content (AvgIpc) is 1.84. The molecular formula is C4H2B2O4. The average molecular weight is 136 g/mol. The molecule has 10 heavy (non-hydrogen) atoms. The van der Waals surface area contributed by atoms with Gasteiger partial charge in [-0.15, -0.1) is 0 Å². The minimum absolute atomic E-state index is 0.854. The molecule has 0 saturated carbocycles. The van der Waals surface area contributed by atoms with Crippen LogP contribution in [-0.4, -0.2) is 37.8 Å². The quantitative estimate of drug-likeness (QED) is 0.365. The zero-order chi connectivity index (χ0) is 8.31. The topological polar surface area (TPSA) is 74.6 Å². The lowest BCUT2D eigenvalue weighted by molar-refractivity contribution is -0.134. The second kappa shape index (κ2) is 3.10. The summed E-state index contributed by atoms with van der Waals surface area (Å²) in [4.78, 5) is 19.8. The van der Waals surface area contributed by atoms with Crippen LogP contribution in [0.3, 0.4) is 0 Å². The van der Waals surface area contributed by atoms with Crippen LogP contribution in [0.25, 0.3) is 0 Å². The van der Waals surface area contributed by atoms with Crippen LogP contribution in [0.4, 0.5) is 0 Å². The number of carboxylic acids is 2. The van der Waals surface area contributed by atoms with Gasteiger partial charge in [0.05, 0.1) is 0 Å². The van der Waals surface area contributed by atoms with Gasteiger partial charge < -0.3 is 10.2 Å². The molecule has 0 rings (SSSR count). The Morgan fingerprint density at radius 3 is 1.20 bits per heavy atom. The molecule has 0 amide bonds. The molecule has 4 radical (unpaired) electrons. The van der Waals surface area contributed by atoms with E-state index in [1.165, 1.54) is 0 Å². The van der Waals surface area contributed by atoms with Crippen molar-refractivity contribution >= 4 is 27.6 Å². The summed E-state index contributed by atoms with van der Waals surface area (Å²) in [6.45, 7) is 0. The van der Waals surface area contributed by atoms with Crippen molar-refractivity contribution in [1.29, 1.82) is 0 Å². The van der Waals surface area contributed by atoms with Crippen LogP contribution in [-0.2, 0) is 9.59 Å². The molecule has 0 aliphatic carbocycles. The SMILES string of the molecule is [B]/C(C(=O)O)=C(/[B])C(=O)O. The highest BCUT2D eigenvalue weighted by Gasteiger charge is 2.08. The minimum atomic E-state index is -1.54. The smallest absolute Gasteiger partial charge is 0.320 e. The zero-order valence-electron chi connectivity index (χ0n) is 4.87. The fourth-order valence-corrected chi connectivity index (χ4v) is 0.230. The highest BCUT2D eigenvalue weighted by Crippen LogP contribution is 1.95. The third kappa shape index (κ3) is 1.97. The highest BCUT2D eigenvalue weighted by atomic mass is 16.4. The van der Waals surface area contributed by atoms with Crippen LogP contribution < -0.4 is 0 Å². The Morgan fingerprint density at radius 1 is 0.900 bits per heavy atom. The summed E-state index contributed by atoms with van der Waals surface area (Å²) in [6, 6.07) is 0. The maximum atomic E-state index is 9.92. The fraction of sp³-hybridized carbons (Fsp3) is 0. The van der Waals surface area contributed by atoms with Gasteiger partial charge >= 0.3 is 11.9 Å². The fourth-order valence-electron chi connectivity index (χ4n) is 0.230. The Labute approximate surface area is 59.4 Å². The van der Waals surface area contributed by atoms with E-state index in [0.717, 1.165) is 0 Å². The molecule has 0 aliphatic rings. The van der Waals surface area contributed by atoms with Gasteiger partial charge in [0, 0.05) is 0 Å². The Hall–Kier alpha value is -1.19. The zero-order valence-corrected chi connectivity index (χ0v) is 4.87. The van der Waals surface area contributed by atoms with Gasteiger partial charge in [0.15, 0.2) is 0 Å². The monoisotopic (exact) mass is 136 g/mol.